The molecule has 3 aromatic heterocycles. The monoisotopic (exact) mass is 472 g/mol. The van der Waals surface area contributed by atoms with E-state index in [1.165, 1.54) is 0 Å². The number of hydrogen-bond donors (Lipinski definition) is 1. The summed E-state index contributed by atoms with van der Waals surface area (Å²) in [4.78, 5) is 12.3. The van der Waals surface area contributed by atoms with Gasteiger partial charge in [-0.3, -0.25) is 4.98 Å². The Morgan fingerprint density at radius 3 is 2.76 bits per heavy atom. The van der Waals surface area contributed by atoms with Gasteiger partial charge in [0, 0.05) is 67.8 Å². The van der Waals surface area contributed by atoms with E-state index in [1.54, 1.807) is 13.2 Å². The maximum Gasteiger partial charge on any atom is 0.137 e. The maximum atomic E-state index is 9.82. The van der Waals surface area contributed by atoms with Crippen molar-refractivity contribution in [3.8, 4) is 22.9 Å². The van der Waals surface area contributed by atoms with Gasteiger partial charge in [-0.05, 0) is 43.2 Å². The van der Waals surface area contributed by atoms with E-state index in [4.69, 9.17) is 27.9 Å². The van der Waals surface area contributed by atoms with Crippen molar-refractivity contribution < 1.29 is 4.74 Å². The van der Waals surface area contributed by atoms with Gasteiger partial charge in [0.2, 0.25) is 0 Å². The van der Waals surface area contributed by atoms with Gasteiger partial charge < -0.3 is 9.72 Å². The Kier molecular flexibility index (Phi) is 5.63. The molecule has 162 valence electrons. The van der Waals surface area contributed by atoms with Crippen LogP contribution < -0.4 is 4.74 Å². The van der Waals surface area contributed by atoms with Crippen LogP contribution >= 0.6 is 23.2 Å². The first-order valence-electron chi connectivity index (χ1n) is 10.4. The van der Waals surface area contributed by atoms with Gasteiger partial charge in [-0.2, -0.15) is 5.26 Å². The molecule has 3 heterocycles. The van der Waals surface area contributed by atoms with Gasteiger partial charge in [-0.1, -0.05) is 29.3 Å². The van der Waals surface area contributed by atoms with Crippen molar-refractivity contribution in [1.82, 2.24) is 15.0 Å². The Labute approximate surface area is 200 Å². The highest BCUT2D eigenvalue weighted by atomic mass is 35.5. The van der Waals surface area contributed by atoms with Crippen LogP contribution in [0, 0.1) is 11.3 Å². The third kappa shape index (κ3) is 4.00. The number of benzene rings is 1. The highest BCUT2D eigenvalue weighted by molar-refractivity contribution is 6.36. The van der Waals surface area contributed by atoms with Crippen LogP contribution in [0.15, 0.2) is 76.2 Å². The number of H-pyrrole nitrogens is 1. The molecule has 0 amide bonds. The van der Waals surface area contributed by atoms with Crippen molar-refractivity contribution in [2.75, 3.05) is 7.11 Å². The number of halogens is 2. The van der Waals surface area contributed by atoms with Crippen molar-refractivity contribution in [2.24, 2.45) is 0 Å². The molecular formula is C26H18Cl2N4O. The van der Waals surface area contributed by atoms with E-state index in [9.17, 15) is 5.26 Å². The first kappa shape index (κ1) is 21.3. The Morgan fingerprint density at radius 1 is 1.15 bits per heavy atom. The van der Waals surface area contributed by atoms with Crippen molar-refractivity contribution in [1.29, 1.82) is 5.26 Å². The number of aromatic nitrogens is 3. The van der Waals surface area contributed by atoms with Crippen LogP contribution in [0.3, 0.4) is 0 Å². The van der Waals surface area contributed by atoms with E-state index >= 15 is 0 Å². The largest absolute Gasteiger partial charge is 0.497 e. The predicted octanol–water partition coefficient (Wildman–Crippen LogP) is 7.10. The molecule has 0 radical (unpaired) electrons. The highest BCUT2D eigenvalue weighted by Gasteiger charge is 2.18. The molecule has 0 fully saturated rings. The quantitative estimate of drug-likeness (QED) is 0.321. The first-order chi connectivity index (χ1) is 16.1. The molecule has 33 heavy (non-hydrogen) atoms. The Balaban J connectivity index is 1.58. The summed E-state index contributed by atoms with van der Waals surface area (Å²) in [5, 5.41) is 12.8. The number of hydrogen-bond acceptors (Lipinski definition) is 4. The van der Waals surface area contributed by atoms with Crippen LogP contribution in [0.2, 0.25) is 0 Å². The minimum atomic E-state index is 0.425. The minimum absolute atomic E-state index is 0.425. The lowest BCUT2D eigenvalue weighted by Gasteiger charge is -2.13. The summed E-state index contributed by atoms with van der Waals surface area (Å²) in [7, 11) is 1.64. The maximum absolute atomic E-state index is 9.82. The van der Waals surface area contributed by atoms with Crippen molar-refractivity contribution in [2.45, 2.75) is 12.8 Å². The Bertz CT molecular complexity index is 1540. The van der Waals surface area contributed by atoms with Crippen LogP contribution in [0.5, 0.6) is 5.75 Å². The molecule has 4 aromatic rings. The van der Waals surface area contributed by atoms with Crippen LogP contribution in [0.4, 0.5) is 0 Å². The summed E-state index contributed by atoms with van der Waals surface area (Å²) in [5.74, 6) is 0.769. The van der Waals surface area contributed by atoms with E-state index in [0.29, 0.717) is 27.6 Å². The average Bonchev–Trinajstić information content (AvgIpc) is 3.24. The molecule has 0 aliphatic heterocycles. The number of allylic oxidation sites excluding steroid dienone is 5. The normalized spacial score (nSPS) is 14.5. The lowest BCUT2D eigenvalue weighted by atomic mass is 9.97. The number of rotatable bonds is 4. The molecule has 1 N–H and O–H groups in total. The van der Waals surface area contributed by atoms with Gasteiger partial charge in [-0.15, -0.1) is 0 Å². The molecule has 1 aliphatic carbocycles. The van der Waals surface area contributed by atoms with Crippen LogP contribution in [-0.4, -0.2) is 22.1 Å². The summed E-state index contributed by atoms with van der Waals surface area (Å²) in [6.45, 7) is 0. The van der Waals surface area contributed by atoms with Crippen molar-refractivity contribution >= 4 is 51.2 Å². The summed E-state index contributed by atoms with van der Waals surface area (Å²) < 4.78 is 5.28. The zero-order chi connectivity index (χ0) is 22.9. The second-order valence-electron chi connectivity index (χ2n) is 7.69. The summed E-state index contributed by atoms with van der Waals surface area (Å²) in [6.07, 6.45) is 10.6. The molecule has 0 unspecified atom stereocenters. The van der Waals surface area contributed by atoms with Crippen molar-refractivity contribution in [3.05, 3.63) is 81.8 Å². The van der Waals surface area contributed by atoms with Crippen molar-refractivity contribution in [3.63, 3.8) is 0 Å². The summed E-state index contributed by atoms with van der Waals surface area (Å²) in [6, 6.07) is 12.2. The number of pyridine rings is 2. The molecular weight excluding hydrogens is 455 g/mol. The van der Waals surface area contributed by atoms with E-state index in [-0.39, 0.29) is 0 Å². The Morgan fingerprint density at radius 2 is 1.97 bits per heavy atom. The second-order valence-corrected chi connectivity index (χ2v) is 8.55. The van der Waals surface area contributed by atoms with E-state index in [1.807, 2.05) is 48.9 Å². The van der Waals surface area contributed by atoms with E-state index < -0.39 is 0 Å². The lowest BCUT2D eigenvalue weighted by molar-refractivity contribution is 0.415. The fraction of sp³-hybridized carbons (Fsp3) is 0.115. The molecule has 0 bridgehead atoms. The third-order valence-corrected chi connectivity index (χ3v) is 6.40. The molecule has 0 spiro atoms. The molecule has 0 atom stereocenters. The summed E-state index contributed by atoms with van der Waals surface area (Å²) in [5.41, 5.74) is 5.32. The van der Waals surface area contributed by atoms with Crippen LogP contribution in [0.25, 0.3) is 39.1 Å². The average molecular weight is 473 g/mol. The number of methoxy groups -OCH3 is 1. The number of aromatic amines is 1. The molecule has 7 heteroatoms. The smallest absolute Gasteiger partial charge is 0.137 e. The van der Waals surface area contributed by atoms with E-state index in [0.717, 1.165) is 50.8 Å². The van der Waals surface area contributed by atoms with Gasteiger partial charge in [0.1, 0.15) is 11.4 Å². The van der Waals surface area contributed by atoms with Gasteiger partial charge in [0.05, 0.1) is 24.3 Å². The van der Waals surface area contributed by atoms with Crippen LogP contribution in [0.1, 0.15) is 18.4 Å². The standard InChI is InChI=1S/C26H18Cl2N4O/c1-33-20-6-5-15-7-17(12-30-24(15)10-20)18-9-21-19(14-32-26(21)31-13-18)8-16(11-29)25-22(27)3-2-4-23(25)28/h3,5-10,12-14H,2,4H2,1H3,(H,31,32). The van der Waals surface area contributed by atoms with Gasteiger partial charge >= 0.3 is 0 Å². The third-order valence-electron chi connectivity index (χ3n) is 5.67. The number of nitriles is 1. The molecule has 0 saturated carbocycles. The Hall–Kier alpha value is -3.59. The highest BCUT2D eigenvalue weighted by Crippen LogP contribution is 2.36. The second kappa shape index (κ2) is 8.74. The van der Waals surface area contributed by atoms with E-state index in [2.05, 4.69) is 27.1 Å². The van der Waals surface area contributed by atoms with Crippen LogP contribution in [-0.2, 0) is 0 Å². The van der Waals surface area contributed by atoms with Gasteiger partial charge in [0.15, 0.2) is 0 Å². The number of ether oxygens (including phenoxy) is 1. The minimum Gasteiger partial charge on any atom is -0.497 e. The lowest BCUT2D eigenvalue weighted by Crippen LogP contribution is -1.97. The SMILES string of the molecule is COc1ccc2cc(-c3cnc4[nH]cc(C=C(C#N)C5=C(Cl)CCC=C5Cl)c4c3)cnc2c1. The molecule has 5 nitrogen and oxygen atoms in total. The molecule has 1 aliphatic rings. The first-order valence-corrected chi connectivity index (χ1v) is 11.1. The molecule has 0 saturated heterocycles. The molecule has 1 aromatic carbocycles. The zero-order valence-electron chi connectivity index (χ0n) is 17.7. The zero-order valence-corrected chi connectivity index (χ0v) is 19.2. The van der Waals surface area contributed by atoms with Gasteiger partial charge in [-0.25, -0.2) is 4.98 Å². The fourth-order valence-electron chi connectivity index (χ4n) is 3.96. The number of fused-ring (bicyclic) bond motifs is 2. The number of nitrogens with zero attached hydrogens (tertiary/aromatic N) is 3. The fourth-order valence-corrected chi connectivity index (χ4v) is 4.65. The summed E-state index contributed by atoms with van der Waals surface area (Å²) >= 11 is 12.8. The van der Waals surface area contributed by atoms with Gasteiger partial charge in [0.25, 0.3) is 0 Å². The topological polar surface area (TPSA) is 74.6 Å². The number of nitrogens with one attached hydrogen (secondary N) is 1. The predicted molar refractivity (Wildman–Crippen MR) is 133 cm³/mol. The molecule has 5 rings (SSSR count).